The summed E-state index contributed by atoms with van der Waals surface area (Å²) in [4.78, 5) is 6.38. The predicted molar refractivity (Wildman–Crippen MR) is 54.9 cm³/mol. The van der Waals surface area contributed by atoms with E-state index in [2.05, 4.69) is 29.0 Å². The number of aryl methyl sites for hydroxylation is 1. The number of unbranched alkanes of at least 4 members (excludes halogenated alkanes) is 2. The molecule has 0 radical (unpaired) electrons. The fraction of sp³-hybridized carbons (Fsp3) is 0.800. The molecule has 0 aliphatic carbocycles. The smallest absolute Gasteiger partial charge is 0.223 e. The Kier molecular flexibility index (Phi) is 4.59. The van der Waals surface area contributed by atoms with Gasteiger partial charge in [-0.2, -0.15) is 4.98 Å². The molecule has 0 saturated heterocycles. The van der Waals surface area contributed by atoms with E-state index in [1.807, 2.05) is 6.92 Å². The predicted octanol–water partition coefficient (Wildman–Crippen LogP) is 2.00. The lowest BCUT2D eigenvalue weighted by molar-refractivity contribution is 0.301. The molecule has 80 valence electrons. The van der Waals surface area contributed by atoms with Crippen molar-refractivity contribution < 1.29 is 4.52 Å². The molecule has 0 spiro atoms. The molecule has 4 heteroatoms. The van der Waals surface area contributed by atoms with E-state index in [0.29, 0.717) is 5.89 Å². The van der Waals surface area contributed by atoms with Gasteiger partial charge in [0.2, 0.25) is 5.89 Å². The SMILES string of the molecule is CCCCCN(C)Cc1noc(C)n1. The van der Waals surface area contributed by atoms with E-state index < -0.39 is 0 Å². The van der Waals surface area contributed by atoms with E-state index in [0.717, 1.165) is 18.9 Å². The van der Waals surface area contributed by atoms with Crippen LogP contribution in [0.2, 0.25) is 0 Å². The second-order valence-corrected chi connectivity index (χ2v) is 3.67. The van der Waals surface area contributed by atoms with Crippen molar-refractivity contribution in [3.63, 3.8) is 0 Å². The van der Waals surface area contributed by atoms with Crippen LogP contribution in [0.3, 0.4) is 0 Å². The standard InChI is InChI=1S/C10H19N3O/c1-4-5-6-7-13(3)8-10-11-9(2)14-12-10/h4-8H2,1-3H3. The van der Waals surface area contributed by atoms with Crippen LogP contribution in [0.5, 0.6) is 0 Å². The van der Waals surface area contributed by atoms with Crippen LogP contribution < -0.4 is 0 Å². The van der Waals surface area contributed by atoms with Crippen LogP contribution in [0, 0.1) is 6.92 Å². The minimum Gasteiger partial charge on any atom is -0.340 e. The zero-order valence-corrected chi connectivity index (χ0v) is 9.29. The molecule has 0 unspecified atom stereocenters. The first-order valence-corrected chi connectivity index (χ1v) is 5.20. The summed E-state index contributed by atoms with van der Waals surface area (Å²) >= 11 is 0. The molecule has 0 aromatic carbocycles. The molecule has 0 N–H and O–H groups in total. The van der Waals surface area contributed by atoms with Crippen molar-refractivity contribution in [3.05, 3.63) is 11.7 Å². The number of hydrogen-bond donors (Lipinski definition) is 0. The molecule has 1 rings (SSSR count). The monoisotopic (exact) mass is 197 g/mol. The lowest BCUT2D eigenvalue weighted by Crippen LogP contribution is -2.19. The van der Waals surface area contributed by atoms with Crippen LogP contribution in [-0.2, 0) is 6.54 Å². The molecule has 0 atom stereocenters. The molecule has 0 fully saturated rings. The summed E-state index contributed by atoms with van der Waals surface area (Å²) in [5.41, 5.74) is 0. The molecule has 4 nitrogen and oxygen atoms in total. The highest BCUT2D eigenvalue weighted by Crippen LogP contribution is 2.01. The van der Waals surface area contributed by atoms with Gasteiger partial charge in [-0.15, -0.1) is 0 Å². The van der Waals surface area contributed by atoms with Gasteiger partial charge < -0.3 is 4.52 Å². The summed E-state index contributed by atoms with van der Waals surface area (Å²) in [6.07, 6.45) is 3.79. The zero-order chi connectivity index (χ0) is 10.4. The summed E-state index contributed by atoms with van der Waals surface area (Å²) < 4.78 is 4.90. The third kappa shape index (κ3) is 3.87. The molecular formula is C10H19N3O. The van der Waals surface area contributed by atoms with Crippen LogP contribution in [0.4, 0.5) is 0 Å². The molecule has 0 aliphatic heterocycles. The van der Waals surface area contributed by atoms with Crippen molar-refractivity contribution in [3.8, 4) is 0 Å². The Morgan fingerprint density at radius 1 is 1.36 bits per heavy atom. The molecular weight excluding hydrogens is 178 g/mol. The average molecular weight is 197 g/mol. The highest BCUT2D eigenvalue weighted by Gasteiger charge is 2.05. The summed E-state index contributed by atoms with van der Waals surface area (Å²) in [5, 5.41) is 3.86. The van der Waals surface area contributed by atoms with E-state index in [1.165, 1.54) is 19.3 Å². The maximum absolute atomic E-state index is 4.90. The third-order valence-electron chi connectivity index (χ3n) is 2.12. The quantitative estimate of drug-likeness (QED) is 0.654. The molecule has 14 heavy (non-hydrogen) atoms. The average Bonchev–Trinajstić information content (AvgIpc) is 2.52. The maximum atomic E-state index is 4.90. The van der Waals surface area contributed by atoms with Crippen molar-refractivity contribution in [1.29, 1.82) is 0 Å². The molecule has 1 heterocycles. The summed E-state index contributed by atoms with van der Waals surface area (Å²) in [5.74, 6) is 1.42. The zero-order valence-electron chi connectivity index (χ0n) is 9.29. The topological polar surface area (TPSA) is 42.2 Å². The van der Waals surface area contributed by atoms with Gasteiger partial charge in [0.15, 0.2) is 5.82 Å². The van der Waals surface area contributed by atoms with Crippen LogP contribution in [0.1, 0.15) is 37.9 Å². The molecule has 0 amide bonds. The Hall–Kier alpha value is -0.900. The van der Waals surface area contributed by atoms with Gasteiger partial charge in [-0.25, -0.2) is 0 Å². The van der Waals surface area contributed by atoms with Crippen molar-refractivity contribution in [2.45, 2.75) is 39.7 Å². The first-order chi connectivity index (χ1) is 6.72. The third-order valence-corrected chi connectivity index (χ3v) is 2.12. The minimum absolute atomic E-state index is 0.641. The van der Waals surface area contributed by atoms with Gasteiger partial charge in [0.1, 0.15) is 0 Å². The fourth-order valence-electron chi connectivity index (χ4n) is 1.36. The van der Waals surface area contributed by atoms with Crippen molar-refractivity contribution in [2.24, 2.45) is 0 Å². The normalized spacial score (nSPS) is 11.1. The van der Waals surface area contributed by atoms with E-state index in [-0.39, 0.29) is 0 Å². The molecule has 0 saturated carbocycles. The van der Waals surface area contributed by atoms with Gasteiger partial charge in [-0.05, 0) is 20.0 Å². The second kappa shape index (κ2) is 5.75. The first kappa shape index (κ1) is 11.2. The molecule has 1 aromatic heterocycles. The van der Waals surface area contributed by atoms with Crippen molar-refractivity contribution in [1.82, 2.24) is 15.0 Å². The van der Waals surface area contributed by atoms with E-state index in [9.17, 15) is 0 Å². The second-order valence-electron chi connectivity index (χ2n) is 3.67. The van der Waals surface area contributed by atoms with Gasteiger partial charge in [0, 0.05) is 6.92 Å². The Balaban J connectivity index is 2.23. The van der Waals surface area contributed by atoms with Gasteiger partial charge in [-0.3, -0.25) is 4.90 Å². The Bertz CT molecular complexity index is 260. The van der Waals surface area contributed by atoms with Crippen LogP contribution in [0.25, 0.3) is 0 Å². The van der Waals surface area contributed by atoms with E-state index in [1.54, 1.807) is 0 Å². The van der Waals surface area contributed by atoms with Gasteiger partial charge >= 0.3 is 0 Å². The molecule has 0 aliphatic rings. The lowest BCUT2D eigenvalue weighted by Gasteiger charge is -2.13. The Morgan fingerprint density at radius 2 is 2.14 bits per heavy atom. The molecule has 0 bridgehead atoms. The number of rotatable bonds is 6. The number of hydrogen-bond acceptors (Lipinski definition) is 4. The highest BCUT2D eigenvalue weighted by molar-refractivity contribution is 4.83. The largest absolute Gasteiger partial charge is 0.340 e. The van der Waals surface area contributed by atoms with Crippen molar-refractivity contribution in [2.75, 3.05) is 13.6 Å². The van der Waals surface area contributed by atoms with Gasteiger partial charge in [-0.1, -0.05) is 24.9 Å². The number of nitrogens with zero attached hydrogens (tertiary/aromatic N) is 3. The maximum Gasteiger partial charge on any atom is 0.223 e. The first-order valence-electron chi connectivity index (χ1n) is 5.20. The number of aromatic nitrogens is 2. The Morgan fingerprint density at radius 3 is 2.71 bits per heavy atom. The van der Waals surface area contributed by atoms with E-state index in [4.69, 9.17) is 4.52 Å². The Labute approximate surface area is 85.3 Å². The lowest BCUT2D eigenvalue weighted by atomic mass is 10.2. The molecule has 1 aromatic rings. The summed E-state index contributed by atoms with van der Waals surface area (Å²) in [6.45, 7) is 5.90. The van der Waals surface area contributed by atoms with E-state index >= 15 is 0 Å². The minimum atomic E-state index is 0.641. The summed E-state index contributed by atoms with van der Waals surface area (Å²) in [6, 6.07) is 0. The van der Waals surface area contributed by atoms with Crippen LogP contribution in [0.15, 0.2) is 4.52 Å². The van der Waals surface area contributed by atoms with Gasteiger partial charge in [0.25, 0.3) is 0 Å². The van der Waals surface area contributed by atoms with Gasteiger partial charge in [0.05, 0.1) is 6.54 Å². The fourth-order valence-corrected chi connectivity index (χ4v) is 1.36. The van der Waals surface area contributed by atoms with Crippen molar-refractivity contribution >= 4 is 0 Å². The highest BCUT2D eigenvalue weighted by atomic mass is 16.5. The summed E-state index contributed by atoms with van der Waals surface area (Å²) in [7, 11) is 2.08. The van der Waals surface area contributed by atoms with Crippen LogP contribution in [-0.4, -0.2) is 28.6 Å². The van der Waals surface area contributed by atoms with Crippen LogP contribution >= 0.6 is 0 Å².